The van der Waals surface area contributed by atoms with Crippen LogP contribution in [0.4, 0.5) is 18.9 Å². The highest BCUT2D eigenvalue weighted by atomic mass is 19.4. The van der Waals surface area contributed by atoms with Crippen LogP contribution in [-0.4, -0.2) is 59.9 Å². The Labute approximate surface area is 207 Å². The Bertz CT molecular complexity index is 1200. The van der Waals surface area contributed by atoms with E-state index in [1.54, 1.807) is 12.0 Å². The molecule has 36 heavy (non-hydrogen) atoms. The summed E-state index contributed by atoms with van der Waals surface area (Å²) in [6, 6.07) is 7.09. The zero-order valence-corrected chi connectivity index (χ0v) is 20.3. The summed E-state index contributed by atoms with van der Waals surface area (Å²) >= 11 is 0. The third kappa shape index (κ3) is 4.48. The average molecular weight is 503 g/mol. The van der Waals surface area contributed by atoms with Crippen LogP contribution in [0.15, 0.2) is 30.5 Å². The molecule has 2 atom stereocenters. The Morgan fingerprint density at radius 3 is 2.83 bits per heavy atom. The Morgan fingerprint density at radius 1 is 1.28 bits per heavy atom. The van der Waals surface area contributed by atoms with E-state index in [0.717, 1.165) is 29.1 Å². The number of pyridine rings is 1. The molecule has 3 aliphatic rings. The Hall–Kier alpha value is -2.98. The summed E-state index contributed by atoms with van der Waals surface area (Å²) in [5.74, 6) is -0.261. The van der Waals surface area contributed by atoms with Crippen molar-refractivity contribution in [3.8, 4) is 0 Å². The lowest BCUT2D eigenvalue weighted by Crippen LogP contribution is -2.49. The number of benzene rings is 1. The third-order valence-electron chi connectivity index (χ3n) is 7.60. The number of hydrogen-bond donors (Lipinski definition) is 1. The molecule has 1 unspecified atom stereocenters. The highest BCUT2D eigenvalue weighted by Crippen LogP contribution is 2.38. The van der Waals surface area contributed by atoms with E-state index in [1.807, 2.05) is 25.1 Å². The van der Waals surface area contributed by atoms with Crippen LogP contribution in [0.3, 0.4) is 0 Å². The van der Waals surface area contributed by atoms with Crippen LogP contribution >= 0.6 is 0 Å². The van der Waals surface area contributed by atoms with Crippen molar-refractivity contribution in [2.24, 2.45) is 5.41 Å². The molecule has 4 heterocycles. The largest absolute Gasteiger partial charge is 0.417 e. The van der Waals surface area contributed by atoms with Gasteiger partial charge in [0, 0.05) is 57.3 Å². The molecule has 3 aliphatic heterocycles. The SMILES string of the molecule is COCC1(C(=O)N2CCc3ncc(C(F)(F)F)cc3C2)CCN(Cc2ccc3c(c2)NC(=O)[C@@H]3C)C1. The smallest absolute Gasteiger partial charge is 0.384 e. The summed E-state index contributed by atoms with van der Waals surface area (Å²) in [5.41, 5.74) is 2.36. The molecule has 1 aromatic carbocycles. The maximum absolute atomic E-state index is 13.8. The molecule has 5 rings (SSSR count). The minimum Gasteiger partial charge on any atom is -0.384 e. The highest BCUT2D eigenvalue weighted by Gasteiger charge is 2.47. The third-order valence-corrected chi connectivity index (χ3v) is 7.60. The minimum absolute atomic E-state index is 0.00584. The van der Waals surface area contributed by atoms with Gasteiger partial charge in [0.2, 0.25) is 11.8 Å². The number of hydrogen-bond acceptors (Lipinski definition) is 5. The summed E-state index contributed by atoms with van der Waals surface area (Å²) in [4.78, 5) is 33.6. The number of alkyl halides is 3. The molecular weight excluding hydrogens is 473 g/mol. The fourth-order valence-corrected chi connectivity index (χ4v) is 5.64. The quantitative estimate of drug-likeness (QED) is 0.677. The molecule has 0 saturated carbocycles. The number of halogens is 3. The van der Waals surface area contributed by atoms with Crippen molar-refractivity contribution >= 4 is 17.5 Å². The number of anilines is 1. The van der Waals surface area contributed by atoms with E-state index in [-0.39, 0.29) is 30.9 Å². The number of likely N-dealkylation sites (tertiary alicyclic amines) is 1. The van der Waals surface area contributed by atoms with Gasteiger partial charge in [0.25, 0.3) is 0 Å². The van der Waals surface area contributed by atoms with E-state index in [4.69, 9.17) is 4.74 Å². The number of amides is 2. The van der Waals surface area contributed by atoms with Gasteiger partial charge >= 0.3 is 6.18 Å². The molecule has 1 fully saturated rings. The van der Waals surface area contributed by atoms with Crippen LogP contribution in [0.25, 0.3) is 0 Å². The lowest BCUT2D eigenvalue weighted by molar-refractivity contribution is -0.145. The van der Waals surface area contributed by atoms with Crippen LogP contribution < -0.4 is 5.32 Å². The summed E-state index contributed by atoms with van der Waals surface area (Å²) in [6.45, 7) is 4.45. The van der Waals surface area contributed by atoms with Crippen LogP contribution in [0.2, 0.25) is 0 Å². The number of rotatable bonds is 5. The molecule has 0 bridgehead atoms. The maximum Gasteiger partial charge on any atom is 0.417 e. The summed E-state index contributed by atoms with van der Waals surface area (Å²) in [5, 5.41) is 2.92. The summed E-state index contributed by atoms with van der Waals surface area (Å²) in [7, 11) is 1.56. The zero-order valence-electron chi connectivity index (χ0n) is 20.3. The first kappa shape index (κ1) is 24.7. The number of fused-ring (bicyclic) bond motifs is 2. The fourth-order valence-electron chi connectivity index (χ4n) is 5.64. The maximum atomic E-state index is 13.8. The highest BCUT2D eigenvalue weighted by molar-refractivity contribution is 6.02. The first-order valence-corrected chi connectivity index (χ1v) is 12.1. The van der Waals surface area contributed by atoms with Crippen molar-refractivity contribution in [3.05, 3.63) is 58.4 Å². The van der Waals surface area contributed by atoms with Gasteiger partial charge in [-0.2, -0.15) is 13.2 Å². The van der Waals surface area contributed by atoms with E-state index < -0.39 is 17.2 Å². The first-order chi connectivity index (χ1) is 17.1. The van der Waals surface area contributed by atoms with Crippen molar-refractivity contribution < 1.29 is 27.5 Å². The zero-order chi connectivity index (χ0) is 25.7. The number of carbonyl (C=O) groups excluding carboxylic acids is 2. The fraction of sp³-hybridized carbons (Fsp3) is 0.500. The van der Waals surface area contributed by atoms with Gasteiger partial charge < -0.3 is 15.0 Å². The number of nitrogens with one attached hydrogen (secondary N) is 1. The van der Waals surface area contributed by atoms with Crippen LogP contribution in [-0.2, 0) is 40.0 Å². The molecule has 10 heteroatoms. The lowest BCUT2D eigenvalue weighted by atomic mass is 9.85. The van der Waals surface area contributed by atoms with Gasteiger partial charge in [-0.3, -0.25) is 19.5 Å². The average Bonchev–Trinajstić information content (AvgIpc) is 3.38. The molecule has 0 aliphatic carbocycles. The van der Waals surface area contributed by atoms with Gasteiger partial charge in [0.05, 0.1) is 23.5 Å². The molecule has 0 radical (unpaired) electrons. The summed E-state index contributed by atoms with van der Waals surface area (Å²) in [6.07, 6.45) is -2.59. The van der Waals surface area contributed by atoms with Crippen LogP contribution in [0.5, 0.6) is 0 Å². The molecule has 2 amide bonds. The van der Waals surface area contributed by atoms with Crippen molar-refractivity contribution in [1.29, 1.82) is 0 Å². The number of aromatic nitrogens is 1. The number of ether oxygens (including phenoxy) is 1. The van der Waals surface area contributed by atoms with Crippen molar-refractivity contribution in [1.82, 2.24) is 14.8 Å². The van der Waals surface area contributed by atoms with Gasteiger partial charge in [-0.05, 0) is 48.7 Å². The van der Waals surface area contributed by atoms with Gasteiger partial charge in [0.15, 0.2) is 0 Å². The second kappa shape index (κ2) is 9.15. The van der Waals surface area contributed by atoms with Crippen LogP contribution in [0, 0.1) is 5.41 Å². The van der Waals surface area contributed by atoms with E-state index >= 15 is 0 Å². The second-order valence-electron chi connectivity index (χ2n) is 10.1. The molecule has 1 aromatic heterocycles. The van der Waals surface area contributed by atoms with Crippen molar-refractivity contribution in [2.45, 2.75) is 44.9 Å². The lowest BCUT2D eigenvalue weighted by Gasteiger charge is -2.36. The first-order valence-electron chi connectivity index (χ1n) is 12.1. The molecule has 192 valence electrons. The van der Waals surface area contributed by atoms with Crippen molar-refractivity contribution in [2.75, 3.05) is 38.7 Å². The molecule has 1 saturated heterocycles. The number of methoxy groups -OCH3 is 1. The standard InChI is InChI=1S/C26H29F3N4O3/c1-16-20-4-3-17(9-22(20)31-23(16)34)12-32-8-6-25(14-32,15-36-2)24(35)33-7-5-21-18(13-33)10-19(11-30-21)26(27,28)29/h3-4,9-11,16H,5-8,12-15H2,1-2H3,(H,31,34)/t16-,25?/m1/s1. The number of carbonyl (C=O) groups is 2. The van der Waals surface area contributed by atoms with Gasteiger partial charge in [-0.25, -0.2) is 0 Å². The van der Waals surface area contributed by atoms with E-state index in [9.17, 15) is 22.8 Å². The predicted molar refractivity (Wildman–Crippen MR) is 126 cm³/mol. The van der Waals surface area contributed by atoms with E-state index in [1.165, 1.54) is 0 Å². The Morgan fingerprint density at radius 2 is 2.08 bits per heavy atom. The Balaban J connectivity index is 1.30. The second-order valence-corrected chi connectivity index (χ2v) is 10.1. The van der Waals surface area contributed by atoms with Crippen LogP contribution in [0.1, 0.15) is 47.2 Å². The molecule has 1 N–H and O–H groups in total. The topological polar surface area (TPSA) is 74.8 Å². The molecule has 0 spiro atoms. The Kier molecular flexibility index (Phi) is 6.28. The molecule has 2 aromatic rings. The predicted octanol–water partition coefficient (Wildman–Crippen LogP) is 3.58. The molecule has 7 nitrogen and oxygen atoms in total. The van der Waals surface area contributed by atoms with Crippen molar-refractivity contribution in [3.63, 3.8) is 0 Å². The monoisotopic (exact) mass is 502 g/mol. The van der Waals surface area contributed by atoms with E-state index in [0.29, 0.717) is 50.3 Å². The number of nitrogens with zero attached hydrogens (tertiary/aromatic N) is 3. The van der Waals surface area contributed by atoms with Gasteiger partial charge in [0.1, 0.15) is 0 Å². The minimum atomic E-state index is -4.48. The summed E-state index contributed by atoms with van der Waals surface area (Å²) < 4.78 is 45.0. The van der Waals surface area contributed by atoms with Gasteiger partial charge in [-0.15, -0.1) is 0 Å². The molecular formula is C26H29F3N4O3. The van der Waals surface area contributed by atoms with Gasteiger partial charge in [-0.1, -0.05) is 12.1 Å². The van der Waals surface area contributed by atoms with E-state index in [2.05, 4.69) is 15.2 Å². The normalized spacial score (nSPS) is 24.0.